The lowest BCUT2D eigenvalue weighted by Gasteiger charge is -2.60. The number of carbonyl (C=O) groups is 1. The molecule has 5 aliphatic carbocycles. The lowest BCUT2D eigenvalue weighted by molar-refractivity contribution is -0.158. The van der Waals surface area contributed by atoms with Crippen LogP contribution in [0.2, 0.25) is 0 Å². The van der Waals surface area contributed by atoms with Gasteiger partial charge in [-0.25, -0.2) is 0 Å². The highest BCUT2D eigenvalue weighted by Gasteiger charge is 2.81. The average molecular weight is 373 g/mol. The van der Waals surface area contributed by atoms with Crippen molar-refractivity contribution < 1.29 is 14.6 Å². The first-order chi connectivity index (χ1) is 12.5. The zero-order valence-electron chi connectivity index (χ0n) is 17.6. The van der Waals surface area contributed by atoms with E-state index in [1.165, 1.54) is 12.8 Å². The van der Waals surface area contributed by atoms with Gasteiger partial charge in [0.15, 0.2) is 0 Å². The predicted octanol–water partition coefficient (Wildman–Crippen LogP) is 4.22. The number of ether oxygens (including phenoxy) is 1. The quantitative estimate of drug-likeness (QED) is 0.648. The third-order valence-electron chi connectivity index (χ3n) is 10.8. The van der Waals surface area contributed by atoms with Crippen molar-refractivity contribution >= 4 is 5.78 Å². The standard InChI is InChI=1S/C24H36O3/c1-21(2,3)12-6-9-23(5)15-7-8-22(4)17(13-10-14(13)19(22)26)16(15)18(25)20-24(23,11-12)27-20/h12-18,20,25H,6-11H2,1-5H3/t12-,13+,14-,15-,16+,17-,18+,20+,22-,23+,24+/m0/s1. The third-order valence-corrected chi connectivity index (χ3v) is 10.8. The number of ketones is 1. The van der Waals surface area contributed by atoms with Gasteiger partial charge in [0, 0.05) is 16.7 Å². The van der Waals surface area contributed by atoms with Gasteiger partial charge >= 0.3 is 0 Å². The number of carbonyl (C=O) groups excluding carboxylic acids is 1. The van der Waals surface area contributed by atoms with E-state index in [2.05, 4.69) is 34.6 Å². The fraction of sp³-hybridized carbons (Fsp3) is 0.958. The Morgan fingerprint density at radius 1 is 1.15 bits per heavy atom. The molecule has 0 aromatic rings. The molecule has 11 atom stereocenters. The van der Waals surface area contributed by atoms with Crippen LogP contribution in [0.1, 0.15) is 73.1 Å². The number of hydrogen-bond acceptors (Lipinski definition) is 3. The minimum absolute atomic E-state index is 0.0177. The van der Waals surface area contributed by atoms with E-state index in [4.69, 9.17) is 4.74 Å². The van der Waals surface area contributed by atoms with Gasteiger partial charge in [-0.2, -0.15) is 0 Å². The molecule has 27 heavy (non-hydrogen) atoms. The largest absolute Gasteiger partial charge is 0.390 e. The highest BCUT2D eigenvalue weighted by Crippen LogP contribution is 2.77. The molecule has 3 nitrogen and oxygen atoms in total. The number of aliphatic hydroxyl groups is 1. The van der Waals surface area contributed by atoms with E-state index in [9.17, 15) is 9.90 Å². The van der Waals surface area contributed by atoms with Gasteiger partial charge < -0.3 is 9.84 Å². The van der Waals surface area contributed by atoms with Crippen molar-refractivity contribution in [2.24, 2.45) is 51.8 Å². The maximum atomic E-state index is 13.0. The molecule has 0 aromatic carbocycles. The van der Waals surface area contributed by atoms with Gasteiger partial charge in [0.2, 0.25) is 0 Å². The summed E-state index contributed by atoms with van der Waals surface area (Å²) in [7, 11) is 0. The van der Waals surface area contributed by atoms with E-state index in [0.717, 1.165) is 25.7 Å². The molecule has 6 fully saturated rings. The first-order valence-corrected chi connectivity index (χ1v) is 11.4. The Kier molecular flexibility index (Phi) is 3.02. The molecular formula is C24H36O3. The monoisotopic (exact) mass is 372 g/mol. The number of hydrogen-bond donors (Lipinski definition) is 1. The summed E-state index contributed by atoms with van der Waals surface area (Å²) in [5.74, 6) is 3.29. The molecule has 0 bridgehead atoms. The third kappa shape index (κ3) is 1.81. The highest BCUT2D eigenvalue weighted by molar-refractivity contribution is 5.92. The molecule has 0 radical (unpaired) electrons. The summed E-state index contributed by atoms with van der Waals surface area (Å²) in [5, 5.41) is 11.5. The molecule has 150 valence electrons. The van der Waals surface area contributed by atoms with Crippen molar-refractivity contribution in [2.75, 3.05) is 0 Å². The van der Waals surface area contributed by atoms with Gasteiger partial charge in [-0.1, -0.05) is 34.6 Å². The minimum Gasteiger partial charge on any atom is -0.390 e. The van der Waals surface area contributed by atoms with Crippen LogP contribution in [-0.4, -0.2) is 28.7 Å². The highest BCUT2D eigenvalue weighted by atomic mass is 16.6. The Hall–Kier alpha value is -0.410. The number of rotatable bonds is 0. The smallest absolute Gasteiger partial charge is 0.142 e. The van der Waals surface area contributed by atoms with Crippen LogP contribution in [-0.2, 0) is 9.53 Å². The second-order valence-corrected chi connectivity index (χ2v) is 12.7. The lowest BCUT2D eigenvalue weighted by atomic mass is 9.42. The lowest BCUT2D eigenvalue weighted by Crippen LogP contribution is -2.63. The second kappa shape index (κ2) is 4.67. The van der Waals surface area contributed by atoms with E-state index >= 15 is 0 Å². The Balaban J connectivity index is 1.39. The van der Waals surface area contributed by atoms with Gasteiger partial charge in [-0.3, -0.25) is 4.79 Å². The van der Waals surface area contributed by atoms with Gasteiger partial charge in [0.1, 0.15) is 17.5 Å². The topological polar surface area (TPSA) is 49.8 Å². The maximum Gasteiger partial charge on any atom is 0.142 e. The van der Waals surface area contributed by atoms with Crippen LogP contribution in [0, 0.1) is 51.8 Å². The molecule has 6 aliphatic rings. The summed E-state index contributed by atoms with van der Waals surface area (Å²) in [6, 6.07) is 0. The summed E-state index contributed by atoms with van der Waals surface area (Å²) in [4.78, 5) is 13.0. The van der Waals surface area contributed by atoms with E-state index in [0.29, 0.717) is 40.8 Å². The average Bonchev–Trinajstić information content (AvgIpc) is 3.48. The molecule has 0 unspecified atom stereocenters. The van der Waals surface area contributed by atoms with Crippen molar-refractivity contribution in [3.63, 3.8) is 0 Å². The molecule has 6 rings (SSSR count). The summed E-state index contributed by atoms with van der Waals surface area (Å²) in [5.41, 5.74) is 0.228. The van der Waals surface area contributed by atoms with Crippen molar-refractivity contribution in [3.05, 3.63) is 0 Å². The molecule has 0 aromatic heterocycles. The molecule has 0 amide bonds. The summed E-state index contributed by atoms with van der Waals surface area (Å²) < 4.78 is 6.52. The fourth-order valence-corrected chi connectivity index (χ4v) is 9.05. The van der Waals surface area contributed by atoms with Crippen LogP contribution < -0.4 is 0 Å². The summed E-state index contributed by atoms with van der Waals surface area (Å²) in [6.45, 7) is 11.8. The zero-order chi connectivity index (χ0) is 19.1. The van der Waals surface area contributed by atoms with Crippen LogP contribution >= 0.6 is 0 Å². The van der Waals surface area contributed by atoms with Crippen molar-refractivity contribution in [2.45, 2.75) is 91.0 Å². The number of fused-ring (bicyclic) bond motifs is 6. The molecule has 1 spiro atoms. The molecule has 1 N–H and O–H groups in total. The van der Waals surface area contributed by atoms with Gasteiger partial charge in [-0.15, -0.1) is 0 Å². The molecule has 1 heterocycles. The molecule has 3 heteroatoms. The SMILES string of the molecule is CC(C)(C)[C@H]1CC[C@]2(C)[C@H]3CC[C@]4(C)C(=O)[C@H]5C[C@H]5[C@H]4[C@@H]3[C@@H](O)[C@H]3O[C@]32C1. The number of aliphatic hydroxyl groups excluding tert-OH is 1. The Bertz CT molecular complexity index is 724. The molecule has 1 aliphatic heterocycles. The summed E-state index contributed by atoms with van der Waals surface area (Å²) >= 11 is 0. The zero-order valence-corrected chi connectivity index (χ0v) is 17.6. The van der Waals surface area contributed by atoms with E-state index in [1.807, 2.05) is 0 Å². The van der Waals surface area contributed by atoms with Gasteiger partial charge in [0.05, 0.1) is 6.10 Å². The van der Waals surface area contributed by atoms with Gasteiger partial charge in [-0.05, 0) is 73.5 Å². The van der Waals surface area contributed by atoms with Crippen LogP contribution in [0.25, 0.3) is 0 Å². The van der Waals surface area contributed by atoms with Crippen molar-refractivity contribution in [1.82, 2.24) is 0 Å². The van der Waals surface area contributed by atoms with E-state index < -0.39 is 0 Å². The van der Waals surface area contributed by atoms with E-state index in [-0.39, 0.29) is 34.6 Å². The predicted molar refractivity (Wildman–Crippen MR) is 103 cm³/mol. The van der Waals surface area contributed by atoms with E-state index in [1.54, 1.807) is 0 Å². The van der Waals surface area contributed by atoms with Gasteiger partial charge in [0.25, 0.3) is 0 Å². The first kappa shape index (κ1) is 17.4. The molecular weight excluding hydrogens is 336 g/mol. The first-order valence-electron chi connectivity index (χ1n) is 11.4. The van der Waals surface area contributed by atoms with Crippen molar-refractivity contribution in [3.8, 4) is 0 Å². The Labute approximate surface area is 163 Å². The normalized spacial score (nSPS) is 63.4. The second-order valence-electron chi connectivity index (χ2n) is 12.7. The number of Topliss-reactive ketones (excluding diaryl/α,β-unsaturated/α-hetero) is 1. The van der Waals surface area contributed by atoms with Crippen LogP contribution in [0.15, 0.2) is 0 Å². The molecule has 1 saturated heterocycles. The minimum atomic E-state index is -0.362. The summed E-state index contributed by atoms with van der Waals surface area (Å²) in [6.07, 6.45) is 6.52. The van der Waals surface area contributed by atoms with Crippen LogP contribution in [0.3, 0.4) is 0 Å². The Morgan fingerprint density at radius 3 is 2.59 bits per heavy atom. The fourth-order valence-electron chi connectivity index (χ4n) is 9.05. The molecule has 5 saturated carbocycles. The van der Waals surface area contributed by atoms with Crippen LogP contribution in [0.4, 0.5) is 0 Å². The Morgan fingerprint density at radius 2 is 1.89 bits per heavy atom. The maximum absolute atomic E-state index is 13.0. The number of epoxide rings is 1. The van der Waals surface area contributed by atoms with Crippen LogP contribution in [0.5, 0.6) is 0 Å². The van der Waals surface area contributed by atoms with Crippen molar-refractivity contribution in [1.29, 1.82) is 0 Å².